The molecule has 0 aliphatic heterocycles. The van der Waals surface area contributed by atoms with E-state index in [1.165, 1.54) is 24.3 Å². The fourth-order valence-corrected chi connectivity index (χ4v) is 0.775. The van der Waals surface area contributed by atoms with E-state index in [4.69, 9.17) is 15.3 Å². The fourth-order valence-electron chi connectivity index (χ4n) is 0.775. The largest absolute Gasteiger partial charge is 0.508 e. The number of carbonyl (C=O) groups excluding carboxylic acids is 1. The zero-order valence-electron chi connectivity index (χ0n) is 6.64. The van der Waals surface area contributed by atoms with Crippen LogP contribution in [0.15, 0.2) is 24.3 Å². The van der Waals surface area contributed by atoms with Crippen molar-refractivity contribution >= 4 is 5.78 Å². The number of hydrogen-bond donors (Lipinski definition) is 3. The first kappa shape index (κ1) is 11.6. The Labute approximate surface area is 74.2 Å². The molecule has 5 N–H and O–H groups in total. The number of benzene rings is 1. The molecule has 0 aliphatic rings. The highest BCUT2D eigenvalue weighted by atomic mass is 16.5. The average molecular weight is 186 g/mol. The van der Waals surface area contributed by atoms with Gasteiger partial charge in [-0.2, -0.15) is 0 Å². The molecule has 0 atom stereocenters. The van der Waals surface area contributed by atoms with E-state index in [1.807, 2.05) is 0 Å². The second-order valence-electron chi connectivity index (χ2n) is 2.28. The van der Waals surface area contributed by atoms with E-state index < -0.39 is 12.1 Å². The highest BCUT2D eigenvalue weighted by Crippen LogP contribution is 2.10. The van der Waals surface area contributed by atoms with Crippen molar-refractivity contribution in [3.63, 3.8) is 0 Å². The van der Waals surface area contributed by atoms with Gasteiger partial charge in [-0.3, -0.25) is 4.79 Å². The van der Waals surface area contributed by atoms with Crippen LogP contribution in [0.5, 0.6) is 5.75 Å². The van der Waals surface area contributed by atoms with Crippen molar-refractivity contribution in [1.82, 2.24) is 0 Å². The van der Waals surface area contributed by atoms with Crippen LogP contribution >= 0.6 is 0 Å². The average Bonchev–Trinajstić information content (AvgIpc) is 2.04. The summed E-state index contributed by atoms with van der Waals surface area (Å²) in [6.45, 7) is 0. The highest BCUT2D eigenvalue weighted by Gasteiger charge is 2.12. The number of carbonyl (C=O) groups is 1. The molecule has 0 radical (unpaired) electrons. The van der Waals surface area contributed by atoms with Crippen LogP contribution in [0.2, 0.25) is 0 Å². The summed E-state index contributed by atoms with van der Waals surface area (Å²) in [5, 5.41) is 25.8. The number of phenols is 1. The molecule has 0 fully saturated rings. The summed E-state index contributed by atoms with van der Waals surface area (Å²) >= 11 is 0. The summed E-state index contributed by atoms with van der Waals surface area (Å²) in [5.74, 6) is -0.756. The van der Waals surface area contributed by atoms with Gasteiger partial charge in [-0.15, -0.1) is 0 Å². The maximum Gasteiger partial charge on any atom is 0.218 e. The molecule has 1 rings (SSSR count). The number of aromatic hydroxyl groups is 1. The third-order valence-corrected chi connectivity index (χ3v) is 1.39. The third kappa shape index (κ3) is 2.83. The van der Waals surface area contributed by atoms with Crippen molar-refractivity contribution < 1.29 is 25.6 Å². The van der Waals surface area contributed by atoms with Gasteiger partial charge in [0, 0.05) is 5.56 Å². The molecule has 0 unspecified atom stereocenters. The lowest BCUT2D eigenvalue weighted by atomic mass is 10.1. The molecule has 0 bridgehead atoms. The van der Waals surface area contributed by atoms with Crippen LogP contribution in [0.4, 0.5) is 0 Å². The lowest BCUT2D eigenvalue weighted by molar-refractivity contribution is -0.0195. The van der Waals surface area contributed by atoms with Crippen molar-refractivity contribution in [2.75, 3.05) is 0 Å². The Morgan fingerprint density at radius 1 is 1.15 bits per heavy atom. The Morgan fingerprint density at radius 2 is 1.62 bits per heavy atom. The van der Waals surface area contributed by atoms with Crippen molar-refractivity contribution in [3.8, 4) is 5.75 Å². The summed E-state index contributed by atoms with van der Waals surface area (Å²) in [6, 6.07) is 5.24. The smallest absolute Gasteiger partial charge is 0.218 e. The van der Waals surface area contributed by atoms with E-state index >= 15 is 0 Å². The quantitative estimate of drug-likeness (QED) is 0.409. The van der Waals surface area contributed by atoms with Crippen LogP contribution in [-0.2, 0) is 0 Å². The maximum atomic E-state index is 10.9. The zero-order chi connectivity index (χ0) is 9.14. The van der Waals surface area contributed by atoms with Gasteiger partial charge in [0.25, 0.3) is 0 Å². The van der Waals surface area contributed by atoms with E-state index in [9.17, 15) is 4.79 Å². The number of phenolic OH excluding ortho intramolecular Hbond substituents is 1. The summed E-state index contributed by atoms with van der Waals surface area (Å²) < 4.78 is 0. The Morgan fingerprint density at radius 3 is 2.00 bits per heavy atom. The molecule has 0 spiro atoms. The molecule has 13 heavy (non-hydrogen) atoms. The summed E-state index contributed by atoms with van der Waals surface area (Å²) in [7, 11) is 0. The number of Topliss-reactive ketones (excluding diaryl/α,β-unsaturated/α-hetero) is 1. The molecule has 72 valence electrons. The highest BCUT2D eigenvalue weighted by molar-refractivity contribution is 5.98. The molecule has 0 saturated heterocycles. The molecule has 5 heteroatoms. The van der Waals surface area contributed by atoms with Gasteiger partial charge in [0.05, 0.1) is 0 Å². The maximum absolute atomic E-state index is 10.9. The summed E-state index contributed by atoms with van der Waals surface area (Å²) in [5.41, 5.74) is 0.155. The van der Waals surface area contributed by atoms with E-state index in [0.29, 0.717) is 0 Å². The number of rotatable bonds is 2. The van der Waals surface area contributed by atoms with Gasteiger partial charge in [0.1, 0.15) is 5.75 Å². The van der Waals surface area contributed by atoms with Gasteiger partial charge < -0.3 is 20.8 Å². The first-order valence-corrected chi connectivity index (χ1v) is 3.30. The van der Waals surface area contributed by atoms with Crippen LogP contribution < -0.4 is 0 Å². The molecule has 0 heterocycles. The van der Waals surface area contributed by atoms with Gasteiger partial charge in [-0.1, -0.05) is 0 Å². The van der Waals surface area contributed by atoms with Crippen LogP contribution in [0.25, 0.3) is 0 Å². The standard InChI is InChI=1S/C8H8O4.H2O/c9-6-3-1-5(2-4-6)7(10)8(11)12;/h1-4,8-9,11-12H;1H2. The monoisotopic (exact) mass is 186 g/mol. The zero-order valence-corrected chi connectivity index (χ0v) is 6.64. The van der Waals surface area contributed by atoms with Crippen LogP contribution in [0, 0.1) is 0 Å². The minimum atomic E-state index is -1.99. The van der Waals surface area contributed by atoms with Crippen LogP contribution in [-0.4, -0.2) is 32.9 Å². The second-order valence-corrected chi connectivity index (χ2v) is 2.28. The van der Waals surface area contributed by atoms with Gasteiger partial charge in [0.2, 0.25) is 12.1 Å². The van der Waals surface area contributed by atoms with Crippen molar-refractivity contribution in [2.24, 2.45) is 0 Å². The Bertz CT molecular complexity index is 277. The molecule has 0 aromatic heterocycles. The number of ketones is 1. The SMILES string of the molecule is O.O=C(c1ccc(O)cc1)C(O)O. The molecule has 1 aromatic rings. The first-order valence-electron chi connectivity index (χ1n) is 3.30. The minimum absolute atomic E-state index is 0. The van der Waals surface area contributed by atoms with Crippen LogP contribution in [0.1, 0.15) is 10.4 Å². The fraction of sp³-hybridized carbons (Fsp3) is 0.125. The second kappa shape index (κ2) is 4.56. The van der Waals surface area contributed by atoms with E-state index in [1.54, 1.807) is 0 Å². The normalized spacial score (nSPS) is 9.46. The predicted octanol–water partition coefficient (Wildman–Crippen LogP) is -0.939. The molecular weight excluding hydrogens is 176 g/mol. The van der Waals surface area contributed by atoms with E-state index in [0.717, 1.165) is 0 Å². The molecule has 0 aliphatic carbocycles. The van der Waals surface area contributed by atoms with Crippen molar-refractivity contribution in [2.45, 2.75) is 6.29 Å². The number of hydrogen-bond acceptors (Lipinski definition) is 4. The molecular formula is C8H10O5. The Hall–Kier alpha value is -1.43. The van der Waals surface area contributed by atoms with Crippen molar-refractivity contribution in [1.29, 1.82) is 0 Å². The third-order valence-electron chi connectivity index (χ3n) is 1.39. The first-order chi connectivity index (χ1) is 5.61. The van der Waals surface area contributed by atoms with Gasteiger partial charge in [-0.25, -0.2) is 0 Å². The van der Waals surface area contributed by atoms with Gasteiger partial charge >= 0.3 is 0 Å². The number of aliphatic hydroxyl groups is 2. The van der Waals surface area contributed by atoms with Crippen LogP contribution in [0.3, 0.4) is 0 Å². The summed E-state index contributed by atoms with van der Waals surface area (Å²) in [4.78, 5) is 10.9. The van der Waals surface area contributed by atoms with E-state index in [2.05, 4.69) is 0 Å². The van der Waals surface area contributed by atoms with E-state index in [-0.39, 0.29) is 16.8 Å². The molecule has 1 aromatic carbocycles. The lowest BCUT2D eigenvalue weighted by Gasteiger charge is -2.01. The predicted molar refractivity (Wildman–Crippen MR) is 44.3 cm³/mol. The molecule has 0 amide bonds. The topological polar surface area (TPSA) is 109 Å². The van der Waals surface area contributed by atoms with Crippen molar-refractivity contribution in [3.05, 3.63) is 29.8 Å². The summed E-state index contributed by atoms with van der Waals surface area (Å²) in [6.07, 6.45) is -1.99. The minimum Gasteiger partial charge on any atom is -0.508 e. The molecule has 5 nitrogen and oxygen atoms in total. The Kier molecular flexibility index (Phi) is 4.06. The lowest BCUT2D eigenvalue weighted by Crippen LogP contribution is -2.18. The molecule has 0 saturated carbocycles. The number of aliphatic hydroxyl groups excluding tert-OH is 1. The van der Waals surface area contributed by atoms with Gasteiger partial charge in [-0.05, 0) is 24.3 Å². The Balaban J connectivity index is 0.00000144. The van der Waals surface area contributed by atoms with Gasteiger partial charge in [0.15, 0.2) is 0 Å².